The summed E-state index contributed by atoms with van der Waals surface area (Å²) in [6, 6.07) is 12.4. The highest BCUT2D eigenvalue weighted by molar-refractivity contribution is 5.63. The van der Waals surface area contributed by atoms with Gasteiger partial charge in [0.15, 0.2) is 0 Å². The molecule has 1 aliphatic carbocycles. The Morgan fingerprint density at radius 1 is 1.00 bits per heavy atom. The topological polar surface area (TPSA) is 75.6 Å². The van der Waals surface area contributed by atoms with Crippen LogP contribution in [0.3, 0.4) is 0 Å². The van der Waals surface area contributed by atoms with Crippen molar-refractivity contribution in [1.29, 1.82) is 0 Å². The maximum absolute atomic E-state index is 4.72. The van der Waals surface area contributed by atoms with E-state index in [1.165, 1.54) is 25.7 Å². The highest BCUT2D eigenvalue weighted by atomic mass is 15.2. The van der Waals surface area contributed by atoms with Crippen molar-refractivity contribution in [2.24, 2.45) is 0 Å². The lowest BCUT2D eigenvalue weighted by atomic mass is 10.2. The minimum absolute atomic E-state index is 0.468. The van der Waals surface area contributed by atoms with E-state index in [4.69, 9.17) is 4.98 Å². The van der Waals surface area contributed by atoms with Crippen molar-refractivity contribution in [3.05, 3.63) is 60.7 Å². The molecule has 2 N–H and O–H groups in total. The van der Waals surface area contributed by atoms with Crippen LogP contribution in [-0.4, -0.2) is 32.5 Å². The third-order valence-electron chi connectivity index (χ3n) is 4.79. The van der Waals surface area contributed by atoms with E-state index >= 15 is 0 Å². The molecular weight excluding hydrogens is 336 g/mol. The smallest absolute Gasteiger partial charge is 0.225 e. The first-order valence-corrected chi connectivity index (χ1v) is 9.56. The van der Waals surface area contributed by atoms with Gasteiger partial charge in [0.2, 0.25) is 5.95 Å². The summed E-state index contributed by atoms with van der Waals surface area (Å²) < 4.78 is 0. The van der Waals surface area contributed by atoms with Crippen molar-refractivity contribution < 1.29 is 0 Å². The first-order valence-electron chi connectivity index (χ1n) is 9.56. The summed E-state index contributed by atoms with van der Waals surface area (Å²) in [6.07, 6.45) is 11.2. The molecular formula is C21H24N6. The van der Waals surface area contributed by atoms with Crippen LogP contribution < -0.4 is 10.6 Å². The predicted molar refractivity (Wildman–Crippen MR) is 108 cm³/mol. The average molecular weight is 360 g/mol. The van der Waals surface area contributed by atoms with Gasteiger partial charge in [-0.05, 0) is 37.1 Å². The molecule has 0 unspecified atom stereocenters. The Labute approximate surface area is 159 Å². The van der Waals surface area contributed by atoms with Gasteiger partial charge in [0, 0.05) is 54.9 Å². The second-order valence-electron chi connectivity index (χ2n) is 6.83. The summed E-state index contributed by atoms with van der Waals surface area (Å²) in [5.41, 5.74) is 2.93. The number of rotatable bonds is 7. The molecule has 0 atom stereocenters. The Bertz CT molecular complexity index is 847. The maximum atomic E-state index is 4.72. The van der Waals surface area contributed by atoms with Gasteiger partial charge < -0.3 is 10.6 Å². The van der Waals surface area contributed by atoms with E-state index in [1.807, 2.05) is 48.8 Å². The average Bonchev–Trinajstić information content (AvgIpc) is 3.22. The molecule has 0 spiro atoms. The molecule has 1 aliphatic rings. The molecule has 1 saturated carbocycles. The highest BCUT2D eigenvalue weighted by Gasteiger charge is 2.16. The van der Waals surface area contributed by atoms with Crippen molar-refractivity contribution in [3.8, 4) is 11.3 Å². The normalized spacial score (nSPS) is 14.2. The van der Waals surface area contributed by atoms with Gasteiger partial charge in [0.05, 0.1) is 5.69 Å². The Kier molecular flexibility index (Phi) is 5.53. The van der Waals surface area contributed by atoms with E-state index in [-0.39, 0.29) is 0 Å². The largest absolute Gasteiger partial charge is 0.369 e. The lowest BCUT2D eigenvalue weighted by molar-refractivity contribution is 0.744. The summed E-state index contributed by atoms with van der Waals surface area (Å²) in [5.74, 6) is 1.50. The van der Waals surface area contributed by atoms with Crippen LogP contribution in [0.25, 0.3) is 11.3 Å². The van der Waals surface area contributed by atoms with Gasteiger partial charge in [0.25, 0.3) is 0 Å². The van der Waals surface area contributed by atoms with Crippen LogP contribution in [0.1, 0.15) is 31.4 Å². The molecule has 6 heteroatoms. The second kappa shape index (κ2) is 8.58. The molecule has 138 valence electrons. The van der Waals surface area contributed by atoms with Gasteiger partial charge in [-0.15, -0.1) is 0 Å². The molecule has 0 aliphatic heterocycles. The van der Waals surface area contributed by atoms with Crippen LogP contribution in [0.5, 0.6) is 0 Å². The summed E-state index contributed by atoms with van der Waals surface area (Å²) in [7, 11) is 0. The van der Waals surface area contributed by atoms with E-state index < -0.39 is 0 Å². The zero-order valence-corrected chi connectivity index (χ0v) is 15.3. The highest BCUT2D eigenvalue weighted by Crippen LogP contribution is 2.24. The number of anilines is 2. The Balaban J connectivity index is 1.51. The number of nitrogens with zero attached hydrogens (tertiary/aromatic N) is 4. The fraction of sp³-hybridized carbons (Fsp3) is 0.333. The minimum atomic E-state index is 0.468. The summed E-state index contributed by atoms with van der Waals surface area (Å²) in [4.78, 5) is 18.0. The summed E-state index contributed by atoms with van der Waals surface area (Å²) in [5, 5.41) is 6.92. The first kappa shape index (κ1) is 17.4. The first-order chi connectivity index (χ1) is 13.4. The van der Waals surface area contributed by atoms with E-state index in [9.17, 15) is 0 Å². The SMILES string of the molecule is c1ccc(CCNc2cc(-c3cccnc3)nc(NC3CCCC3)n2)nc1. The molecule has 27 heavy (non-hydrogen) atoms. The van der Waals surface area contributed by atoms with E-state index in [1.54, 1.807) is 6.20 Å². The molecule has 0 bridgehead atoms. The van der Waals surface area contributed by atoms with Crippen molar-refractivity contribution in [3.63, 3.8) is 0 Å². The molecule has 1 fully saturated rings. The van der Waals surface area contributed by atoms with Crippen molar-refractivity contribution in [1.82, 2.24) is 19.9 Å². The van der Waals surface area contributed by atoms with Crippen LogP contribution in [0.2, 0.25) is 0 Å². The van der Waals surface area contributed by atoms with Gasteiger partial charge in [-0.3, -0.25) is 9.97 Å². The van der Waals surface area contributed by atoms with Gasteiger partial charge >= 0.3 is 0 Å². The zero-order chi connectivity index (χ0) is 18.3. The van der Waals surface area contributed by atoms with Gasteiger partial charge in [-0.1, -0.05) is 18.9 Å². The van der Waals surface area contributed by atoms with E-state index in [0.717, 1.165) is 35.7 Å². The van der Waals surface area contributed by atoms with Gasteiger partial charge in [-0.25, -0.2) is 4.98 Å². The molecule has 0 amide bonds. The predicted octanol–water partition coefficient (Wildman–Crippen LogP) is 3.94. The molecule has 0 aromatic carbocycles. The van der Waals surface area contributed by atoms with Crippen LogP contribution >= 0.6 is 0 Å². The lowest BCUT2D eigenvalue weighted by Gasteiger charge is -2.15. The monoisotopic (exact) mass is 360 g/mol. The van der Waals surface area contributed by atoms with Crippen molar-refractivity contribution in [2.45, 2.75) is 38.1 Å². The summed E-state index contributed by atoms with van der Waals surface area (Å²) in [6.45, 7) is 0.767. The summed E-state index contributed by atoms with van der Waals surface area (Å²) >= 11 is 0. The molecule has 0 saturated heterocycles. The second-order valence-corrected chi connectivity index (χ2v) is 6.83. The minimum Gasteiger partial charge on any atom is -0.369 e. The number of pyridine rings is 2. The molecule has 3 heterocycles. The Morgan fingerprint density at radius 2 is 1.93 bits per heavy atom. The molecule has 6 nitrogen and oxygen atoms in total. The molecule has 4 rings (SSSR count). The number of hydrogen-bond acceptors (Lipinski definition) is 6. The van der Waals surface area contributed by atoms with Crippen LogP contribution in [-0.2, 0) is 6.42 Å². The third kappa shape index (κ3) is 4.78. The quantitative estimate of drug-likeness (QED) is 0.665. The van der Waals surface area contributed by atoms with E-state index in [0.29, 0.717) is 12.0 Å². The van der Waals surface area contributed by atoms with Gasteiger partial charge in [-0.2, -0.15) is 4.98 Å². The lowest BCUT2D eigenvalue weighted by Crippen LogP contribution is -2.18. The standard InChI is InChI=1S/C21H24N6/c1-2-9-18(8-1)25-21-26-19(16-6-5-11-22-15-16)14-20(27-21)24-13-10-17-7-3-4-12-23-17/h3-7,11-12,14-15,18H,1-2,8-10,13H2,(H2,24,25,26,27). The number of nitrogens with one attached hydrogen (secondary N) is 2. The van der Waals surface area contributed by atoms with Crippen molar-refractivity contribution >= 4 is 11.8 Å². The van der Waals surface area contributed by atoms with Crippen molar-refractivity contribution in [2.75, 3.05) is 17.2 Å². The third-order valence-corrected chi connectivity index (χ3v) is 4.79. The number of hydrogen-bond donors (Lipinski definition) is 2. The Hall–Kier alpha value is -3.02. The maximum Gasteiger partial charge on any atom is 0.225 e. The number of aromatic nitrogens is 4. The van der Waals surface area contributed by atoms with Crippen LogP contribution in [0.4, 0.5) is 11.8 Å². The Morgan fingerprint density at radius 3 is 2.70 bits per heavy atom. The van der Waals surface area contributed by atoms with Crippen LogP contribution in [0.15, 0.2) is 55.0 Å². The fourth-order valence-corrected chi connectivity index (χ4v) is 3.38. The molecule has 3 aromatic heterocycles. The molecule has 0 radical (unpaired) electrons. The van der Waals surface area contributed by atoms with E-state index in [2.05, 4.69) is 25.6 Å². The molecule has 3 aromatic rings. The zero-order valence-electron chi connectivity index (χ0n) is 15.3. The van der Waals surface area contributed by atoms with Crippen LogP contribution in [0, 0.1) is 0 Å². The fourth-order valence-electron chi connectivity index (χ4n) is 3.38. The van der Waals surface area contributed by atoms with Gasteiger partial charge in [0.1, 0.15) is 5.82 Å².